The Morgan fingerprint density at radius 1 is 1.32 bits per heavy atom. The second-order valence-corrected chi connectivity index (χ2v) is 9.09. The minimum Gasteiger partial charge on any atom is -0.396 e. The number of carbonyl (C=O) groups is 3. The first-order valence-corrected chi connectivity index (χ1v) is 11.6. The molecular formula is C20H17N3O5S3. The van der Waals surface area contributed by atoms with Crippen molar-refractivity contribution >= 4 is 63.5 Å². The van der Waals surface area contributed by atoms with Crippen LogP contribution in [0.25, 0.3) is 5.57 Å². The molecule has 11 heteroatoms. The third-order valence-electron chi connectivity index (χ3n) is 4.64. The molecule has 1 aromatic heterocycles. The van der Waals surface area contributed by atoms with E-state index >= 15 is 0 Å². The fraction of sp³-hybridized carbons (Fsp3) is 0.250. The lowest BCUT2D eigenvalue weighted by Crippen LogP contribution is -2.61. The number of hydroxylamine groups is 1. The van der Waals surface area contributed by atoms with E-state index in [4.69, 9.17) is 22.2 Å². The Hall–Kier alpha value is -2.60. The number of thiocarbonyl (C=S) groups is 1. The van der Waals surface area contributed by atoms with Gasteiger partial charge in [-0.2, -0.15) is 5.48 Å². The van der Waals surface area contributed by atoms with Crippen LogP contribution < -0.4 is 5.48 Å². The number of fused-ring (bicyclic) bond motifs is 1. The first kappa shape index (κ1) is 21.6. The molecule has 3 heterocycles. The van der Waals surface area contributed by atoms with Crippen LogP contribution in [0.5, 0.6) is 0 Å². The number of thiazole rings is 1. The maximum atomic E-state index is 12.9. The summed E-state index contributed by atoms with van der Waals surface area (Å²) in [6.07, 6.45) is 0.434. The monoisotopic (exact) mass is 475 g/mol. The third kappa shape index (κ3) is 4.40. The number of hydrogen-bond donors (Lipinski definition) is 2. The summed E-state index contributed by atoms with van der Waals surface area (Å²) >= 11 is 7.86. The number of rotatable bonds is 6. The van der Waals surface area contributed by atoms with Gasteiger partial charge in [-0.05, 0) is 5.56 Å². The molecule has 160 valence electrons. The van der Waals surface area contributed by atoms with Crippen molar-refractivity contribution in [3.05, 3.63) is 57.7 Å². The van der Waals surface area contributed by atoms with Gasteiger partial charge in [0.15, 0.2) is 0 Å². The number of nitrogens with zero attached hydrogens (tertiary/aromatic N) is 2. The van der Waals surface area contributed by atoms with Crippen LogP contribution in [0.2, 0.25) is 0 Å². The smallest absolute Gasteiger partial charge is 0.379 e. The first-order valence-electron chi connectivity index (χ1n) is 9.31. The molecule has 1 saturated heterocycles. The van der Waals surface area contributed by atoms with Gasteiger partial charge in [0.25, 0.3) is 11.8 Å². The second-order valence-electron chi connectivity index (χ2n) is 6.72. The summed E-state index contributed by atoms with van der Waals surface area (Å²) < 4.78 is 0. The molecule has 0 aliphatic carbocycles. The number of benzene rings is 1. The lowest BCUT2D eigenvalue weighted by atomic mass is 10.1. The van der Waals surface area contributed by atoms with Crippen LogP contribution in [-0.4, -0.2) is 55.4 Å². The van der Waals surface area contributed by atoms with Crippen molar-refractivity contribution in [1.82, 2.24) is 15.4 Å². The number of nitrogens with one attached hydrogen (secondary N) is 1. The highest BCUT2D eigenvalue weighted by Crippen LogP contribution is 2.42. The Kier molecular flexibility index (Phi) is 6.46. The van der Waals surface area contributed by atoms with Crippen molar-refractivity contribution < 1.29 is 24.3 Å². The summed E-state index contributed by atoms with van der Waals surface area (Å²) in [7, 11) is 0. The SMILES string of the molecule is O=C(Cc1ccccc1)NOC(=O)C1=C(c2nc(CCO)cs2)CS[C@H]2C(=S)C(=O)N12. The van der Waals surface area contributed by atoms with Gasteiger partial charge in [-0.15, -0.1) is 23.1 Å². The minimum atomic E-state index is -0.850. The maximum absolute atomic E-state index is 12.9. The standard InChI is InChI=1S/C20H17N3O5S3/c24-7-6-12-9-30-17(21-12)13-10-31-19-16(29)18(26)23(19)15(13)20(27)28-22-14(25)8-11-4-2-1-3-5-11/h1-5,9,19,24H,6-8,10H2,(H,22,25)/t19-/m0/s1. The van der Waals surface area contributed by atoms with Gasteiger partial charge in [-0.1, -0.05) is 42.5 Å². The van der Waals surface area contributed by atoms with Crippen LogP contribution in [0.15, 0.2) is 41.4 Å². The molecule has 2 aliphatic heterocycles. The Morgan fingerprint density at radius 3 is 2.84 bits per heavy atom. The molecule has 0 saturated carbocycles. The number of aromatic nitrogens is 1. The molecular weight excluding hydrogens is 458 g/mol. The average molecular weight is 476 g/mol. The van der Waals surface area contributed by atoms with Crippen molar-refractivity contribution in [3.8, 4) is 0 Å². The normalized spacial score (nSPS) is 17.8. The molecule has 1 atom stereocenters. The molecule has 1 aromatic carbocycles. The third-order valence-corrected chi connectivity index (χ3v) is 7.35. The van der Waals surface area contributed by atoms with Crippen LogP contribution in [-0.2, 0) is 32.1 Å². The summed E-state index contributed by atoms with van der Waals surface area (Å²) in [6, 6.07) is 9.03. The van der Waals surface area contributed by atoms with Gasteiger partial charge >= 0.3 is 5.97 Å². The molecule has 2 aliphatic rings. The van der Waals surface area contributed by atoms with E-state index < -0.39 is 23.2 Å². The number of β-lactam (4-membered cyclic amide) rings is 1. The Balaban J connectivity index is 1.55. The molecule has 0 bridgehead atoms. The summed E-state index contributed by atoms with van der Waals surface area (Å²) in [5.74, 6) is -1.37. The molecule has 8 nitrogen and oxygen atoms in total. The Bertz CT molecular complexity index is 1080. The zero-order valence-electron chi connectivity index (χ0n) is 16.1. The Labute approximate surface area is 191 Å². The van der Waals surface area contributed by atoms with E-state index in [1.807, 2.05) is 18.2 Å². The largest absolute Gasteiger partial charge is 0.396 e. The molecule has 2 amide bonds. The topological polar surface area (TPSA) is 109 Å². The maximum Gasteiger partial charge on any atom is 0.379 e. The van der Waals surface area contributed by atoms with Gasteiger partial charge < -0.3 is 9.94 Å². The highest BCUT2D eigenvalue weighted by Gasteiger charge is 2.51. The molecule has 2 N–H and O–H groups in total. The van der Waals surface area contributed by atoms with Crippen molar-refractivity contribution in [3.63, 3.8) is 0 Å². The fourth-order valence-corrected chi connectivity index (χ4v) is 5.75. The first-order chi connectivity index (χ1) is 15.0. The average Bonchev–Trinajstić information content (AvgIpc) is 3.25. The highest BCUT2D eigenvalue weighted by atomic mass is 32.2. The number of thioether (sulfide) groups is 1. The van der Waals surface area contributed by atoms with Crippen LogP contribution in [0.3, 0.4) is 0 Å². The van der Waals surface area contributed by atoms with E-state index in [0.717, 1.165) is 5.56 Å². The summed E-state index contributed by atoms with van der Waals surface area (Å²) in [4.78, 5) is 48.5. The van der Waals surface area contributed by atoms with E-state index in [9.17, 15) is 14.4 Å². The van der Waals surface area contributed by atoms with Crippen LogP contribution in [0, 0.1) is 0 Å². The molecule has 2 aromatic rings. The predicted octanol–water partition coefficient (Wildman–Crippen LogP) is 1.49. The molecule has 0 unspecified atom stereocenters. The van der Waals surface area contributed by atoms with Gasteiger partial charge in [-0.25, -0.2) is 9.78 Å². The summed E-state index contributed by atoms with van der Waals surface area (Å²) in [5, 5.41) is 11.1. The molecule has 4 rings (SSSR count). The minimum absolute atomic E-state index is 0.0345. The van der Waals surface area contributed by atoms with E-state index in [1.54, 1.807) is 17.5 Å². The van der Waals surface area contributed by atoms with Crippen molar-refractivity contribution in [1.29, 1.82) is 0 Å². The van der Waals surface area contributed by atoms with Crippen LogP contribution in [0.4, 0.5) is 0 Å². The van der Waals surface area contributed by atoms with E-state index in [0.29, 0.717) is 28.4 Å². The molecule has 1 fully saturated rings. The van der Waals surface area contributed by atoms with Gasteiger partial charge in [0.1, 0.15) is 20.9 Å². The van der Waals surface area contributed by atoms with Crippen molar-refractivity contribution in [2.24, 2.45) is 0 Å². The number of amides is 2. The van der Waals surface area contributed by atoms with Gasteiger partial charge in [0.05, 0.1) is 12.1 Å². The zero-order chi connectivity index (χ0) is 22.0. The quantitative estimate of drug-likeness (QED) is 0.368. The summed E-state index contributed by atoms with van der Waals surface area (Å²) in [6.45, 7) is -0.0414. The van der Waals surface area contributed by atoms with Crippen LogP contribution >= 0.6 is 35.3 Å². The van der Waals surface area contributed by atoms with Crippen molar-refractivity contribution in [2.75, 3.05) is 12.4 Å². The van der Waals surface area contributed by atoms with E-state index in [2.05, 4.69) is 10.5 Å². The second kappa shape index (κ2) is 9.27. The van der Waals surface area contributed by atoms with Crippen molar-refractivity contribution in [2.45, 2.75) is 18.2 Å². The Morgan fingerprint density at radius 2 is 2.10 bits per heavy atom. The highest BCUT2D eigenvalue weighted by molar-refractivity contribution is 8.02. The van der Waals surface area contributed by atoms with E-state index in [-0.39, 0.29) is 23.6 Å². The van der Waals surface area contributed by atoms with E-state index in [1.165, 1.54) is 28.0 Å². The number of hydrogen-bond acceptors (Lipinski definition) is 9. The zero-order valence-corrected chi connectivity index (χ0v) is 18.5. The summed E-state index contributed by atoms with van der Waals surface area (Å²) in [5.41, 5.74) is 4.19. The van der Waals surface area contributed by atoms with Gasteiger partial charge in [-0.3, -0.25) is 14.5 Å². The number of aliphatic hydroxyl groups is 1. The van der Waals surface area contributed by atoms with Gasteiger partial charge in [0, 0.05) is 29.7 Å². The molecule has 0 radical (unpaired) electrons. The lowest BCUT2D eigenvalue weighted by Gasteiger charge is -2.44. The van der Waals surface area contributed by atoms with Gasteiger partial charge in [0.2, 0.25) is 0 Å². The fourth-order valence-electron chi connectivity index (χ4n) is 3.16. The number of carbonyl (C=O) groups excluding carboxylic acids is 3. The molecule has 31 heavy (non-hydrogen) atoms. The lowest BCUT2D eigenvalue weighted by molar-refractivity contribution is -0.156. The van der Waals surface area contributed by atoms with Crippen LogP contribution in [0.1, 0.15) is 16.3 Å². The molecule has 0 spiro atoms. The predicted molar refractivity (Wildman–Crippen MR) is 120 cm³/mol. The number of aliphatic hydroxyl groups excluding tert-OH is 1.